The third-order valence-electron chi connectivity index (χ3n) is 4.86. The van der Waals surface area contributed by atoms with Gasteiger partial charge in [-0.15, -0.1) is 11.8 Å². The fourth-order valence-electron chi connectivity index (χ4n) is 3.38. The topological polar surface area (TPSA) is 8.81 Å². The van der Waals surface area contributed by atoms with Crippen molar-refractivity contribution in [3.63, 3.8) is 0 Å². The largest absolute Gasteiger partial charge is 1.00 e. The second-order valence-electron chi connectivity index (χ2n) is 6.65. The van der Waals surface area contributed by atoms with Crippen molar-refractivity contribution in [3.8, 4) is 0 Å². The Morgan fingerprint density at radius 1 is 0.929 bits per heavy atom. The molecule has 0 N–H and O–H groups in total. The summed E-state index contributed by atoms with van der Waals surface area (Å²) in [6.07, 6.45) is 6.22. The lowest BCUT2D eigenvalue weighted by molar-refractivity contribution is -0.663. The lowest BCUT2D eigenvalue weighted by Crippen LogP contribution is -3.00. The van der Waals surface area contributed by atoms with Gasteiger partial charge >= 0.3 is 0 Å². The number of halogens is 1. The number of aromatic nitrogens is 2. The van der Waals surface area contributed by atoms with Crippen molar-refractivity contribution >= 4 is 28.9 Å². The highest BCUT2D eigenvalue weighted by atomic mass is 79.9. The summed E-state index contributed by atoms with van der Waals surface area (Å²) in [4.78, 5) is 1.30. The quantitative estimate of drug-likeness (QED) is 0.323. The molecule has 0 fully saturated rings. The summed E-state index contributed by atoms with van der Waals surface area (Å²) in [7, 11) is 0. The third-order valence-corrected chi connectivity index (χ3v) is 5.60. The van der Waals surface area contributed by atoms with E-state index >= 15 is 0 Å². The van der Waals surface area contributed by atoms with Gasteiger partial charge in [0.05, 0.1) is 0 Å². The molecule has 0 aliphatic carbocycles. The number of rotatable bonds is 6. The summed E-state index contributed by atoms with van der Waals surface area (Å²) in [5.41, 5.74) is 6.27. The zero-order chi connectivity index (χ0) is 18.6. The van der Waals surface area contributed by atoms with Crippen molar-refractivity contribution < 1.29 is 21.5 Å². The van der Waals surface area contributed by atoms with Gasteiger partial charge in [-0.05, 0) is 47.2 Å². The molecule has 4 rings (SSSR count). The minimum absolute atomic E-state index is 0. The number of thioether (sulfide) groups is 1. The third kappa shape index (κ3) is 4.40. The van der Waals surface area contributed by atoms with Gasteiger partial charge in [0.2, 0.25) is 6.33 Å². The number of hydrogen-bond donors (Lipinski definition) is 0. The van der Waals surface area contributed by atoms with E-state index in [1.54, 1.807) is 11.8 Å². The molecular formula is C24H23BrN2S. The highest BCUT2D eigenvalue weighted by molar-refractivity contribution is 7.98. The zero-order valence-corrected chi connectivity index (χ0v) is 18.3. The molecular weight excluding hydrogens is 428 g/mol. The number of fused-ring (bicyclic) bond motifs is 1. The molecule has 0 saturated heterocycles. The van der Waals surface area contributed by atoms with Crippen LogP contribution in [-0.4, -0.2) is 10.8 Å². The van der Waals surface area contributed by atoms with E-state index in [2.05, 4.69) is 101 Å². The first-order valence-corrected chi connectivity index (χ1v) is 10.3. The zero-order valence-electron chi connectivity index (χ0n) is 15.9. The molecule has 0 aliphatic rings. The molecule has 28 heavy (non-hydrogen) atoms. The van der Waals surface area contributed by atoms with Crippen molar-refractivity contribution in [2.75, 3.05) is 6.26 Å². The Kier molecular flexibility index (Phi) is 6.76. The monoisotopic (exact) mass is 450 g/mol. The molecule has 0 radical (unpaired) electrons. The number of benzene rings is 3. The second kappa shape index (κ2) is 9.26. The second-order valence-corrected chi connectivity index (χ2v) is 7.53. The molecule has 0 unspecified atom stereocenters. The molecule has 4 heteroatoms. The lowest BCUT2D eigenvalue weighted by atomic mass is 10.1. The minimum atomic E-state index is 0. The first-order chi connectivity index (χ1) is 13.3. The number of imidazole rings is 1. The average molecular weight is 451 g/mol. The van der Waals surface area contributed by atoms with E-state index in [1.807, 2.05) is 6.08 Å². The Balaban J connectivity index is 0.00000225. The predicted molar refractivity (Wildman–Crippen MR) is 115 cm³/mol. The van der Waals surface area contributed by atoms with Crippen LogP contribution in [0.25, 0.3) is 17.1 Å². The molecule has 4 aromatic rings. The summed E-state index contributed by atoms with van der Waals surface area (Å²) in [5, 5.41) is 0. The molecule has 0 atom stereocenters. The summed E-state index contributed by atoms with van der Waals surface area (Å²) < 4.78 is 4.66. The molecule has 2 nitrogen and oxygen atoms in total. The lowest BCUT2D eigenvalue weighted by Gasteiger charge is -2.01. The van der Waals surface area contributed by atoms with Crippen LogP contribution in [0.3, 0.4) is 0 Å². The first-order valence-electron chi connectivity index (χ1n) is 9.08. The number of para-hydroxylation sites is 2. The molecule has 1 aromatic heterocycles. The SMILES string of the molecule is C=Cc1ccc(Cn2c[n+](Cc3ccc(SC)cc3)c3ccccc32)cc1.[Br-]. The average Bonchev–Trinajstić information content (AvgIpc) is 3.06. The van der Waals surface area contributed by atoms with Gasteiger partial charge < -0.3 is 17.0 Å². The molecule has 1 heterocycles. The van der Waals surface area contributed by atoms with Gasteiger partial charge in [0.1, 0.15) is 13.1 Å². The fourth-order valence-corrected chi connectivity index (χ4v) is 3.79. The van der Waals surface area contributed by atoms with Crippen LogP contribution >= 0.6 is 11.8 Å². The predicted octanol–water partition coefficient (Wildman–Crippen LogP) is 2.39. The van der Waals surface area contributed by atoms with E-state index in [-0.39, 0.29) is 17.0 Å². The standard InChI is InChI=1S/C24H23N2S.BrH/c1-3-19-8-10-20(11-9-19)16-25-18-26(24-7-5-4-6-23(24)25)17-21-12-14-22(27-2)15-13-21;/h3-15,18H,1,16-17H2,2H3;1H/q+1;/p-1. The summed E-state index contributed by atoms with van der Waals surface area (Å²) in [5.74, 6) is 0. The van der Waals surface area contributed by atoms with E-state index in [1.165, 1.54) is 27.1 Å². The normalized spacial score (nSPS) is 10.6. The van der Waals surface area contributed by atoms with Crippen molar-refractivity contribution in [3.05, 3.63) is 102 Å². The maximum Gasteiger partial charge on any atom is 0.245 e. The molecule has 3 aromatic carbocycles. The Morgan fingerprint density at radius 2 is 1.61 bits per heavy atom. The Labute approximate surface area is 181 Å². The van der Waals surface area contributed by atoms with Crippen LogP contribution in [0, 0.1) is 0 Å². The van der Waals surface area contributed by atoms with Crippen molar-refractivity contribution in [1.29, 1.82) is 0 Å². The van der Waals surface area contributed by atoms with E-state index in [9.17, 15) is 0 Å². The van der Waals surface area contributed by atoms with Crippen LogP contribution in [0.1, 0.15) is 16.7 Å². The maximum atomic E-state index is 3.83. The Bertz CT molecular complexity index is 1070. The molecule has 0 saturated carbocycles. The molecule has 142 valence electrons. The fraction of sp³-hybridized carbons (Fsp3) is 0.125. The van der Waals surface area contributed by atoms with Crippen LogP contribution < -0.4 is 21.5 Å². The van der Waals surface area contributed by atoms with Gasteiger partial charge in [-0.1, -0.05) is 61.2 Å². The first kappa shape index (κ1) is 20.4. The van der Waals surface area contributed by atoms with Crippen LogP contribution in [0.2, 0.25) is 0 Å². The van der Waals surface area contributed by atoms with Gasteiger partial charge in [-0.3, -0.25) is 0 Å². The van der Waals surface area contributed by atoms with Crippen LogP contribution in [0.15, 0.2) is 90.6 Å². The number of nitrogens with zero attached hydrogens (tertiary/aromatic N) is 2. The summed E-state index contributed by atoms with van der Waals surface area (Å²) >= 11 is 1.78. The molecule has 0 bridgehead atoms. The highest BCUT2D eigenvalue weighted by Crippen LogP contribution is 2.17. The van der Waals surface area contributed by atoms with E-state index in [4.69, 9.17) is 0 Å². The number of hydrogen-bond acceptors (Lipinski definition) is 1. The summed E-state index contributed by atoms with van der Waals surface area (Å²) in [6.45, 7) is 5.56. The molecule has 0 spiro atoms. The van der Waals surface area contributed by atoms with Crippen LogP contribution in [0.4, 0.5) is 0 Å². The van der Waals surface area contributed by atoms with Crippen molar-refractivity contribution in [2.24, 2.45) is 0 Å². The van der Waals surface area contributed by atoms with Crippen LogP contribution in [-0.2, 0) is 13.1 Å². The smallest absolute Gasteiger partial charge is 0.245 e. The van der Waals surface area contributed by atoms with E-state index in [0.29, 0.717) is 0 Å². The Hall–Kier alpha value is -2.30. The molecule has 0 amide bonds. The van der Waals surface area contributed by atoms with Gasteiger partial charge in [-0.2, -0.15) is 0 Å². The van der Waals surface area contributed by atoms with E-state index < -0.39 is 0 Å². The minimum Gasteiger partial charge on any atom is -1.00 e. The van der Waals surface area contributed by atoms with Crippen molar-refractivity contribution in [1.82, 2.24) is 4.57 Å². The van der Waals surface area contributed by atoms with Crippen molar-refractivity contribution in [2.45, 2.75) is 18.0 Å². The summed E-state index contributed by atoms with van der Waals surface area (Å²) in [6, 6.07) is 26.0. The Morgan fingerprint density at radius 3 is 2.29 bits per heavy atom. The molecule has 0 aliphatic heterocycles. The van der Waals surface area contributed by atoms with E-state index in [0.717, 1.165) is 18.7 Å². The van der Waals surface area contributed by atoms with Gasteiger partial charge in [0, 0.05) is 4.90 Å². The highest BCUT2D eigenvalue weighted by Gasteiger charge is 2.15. The van der Waals surface area contributed by atoms with Gasteiger partial charge in [0.25, 0.3) is 0 Å². The maximum absolute atomic E-state index is 3.83. The van der Waals surface area contributed by atoms with Gasteiger partial charge in [-0.25, -0.2) is 9.13 Å². The van der Waals surface area contributed by atoms with Gasteiger partial charge in [0.15, 0.2) is 11.0 Å². The van der Waals surface area contributed by atoms with Crippen LogP contribution in [0.5, 0.6) is 0 Å².